The largest absolute Gasteiger partial charge is 0.333 e. The summed E-state index contributed by atoms with van der Waals surface area (Å²) in [4.78, 5) is 0. The molecule has 2 nitrogen and oxygen atoms in total. The summed E-state index contributed by atoms with van der Waals surface area (Å²) in [6.07, 6.45) is 0. The van der Waals surface area contributed by atoms with Crippen molar-refractivity contribution in [2.45, 2.75) is 33.7 Å². The highest BCUT2D eigenvalue weighted by atomic mass is 15.0. The van der Waals surface area contributed by atoms with E-state index in [2.05, 4.69) is 36.6 Å². The first-order valence-corrected chi connectivity index (χ1v) is 4.62. The Bertz CT molecular complexity index is 309. The van der Waals surface area contributed by atoms with E-state index in [1.54, 1.807) is 0 Å². The summed E-state index contributed by atoms with van der Waals surface area (Å²) in [6.45, 7) is 8.24. The minimum Gasteiger partial charge on any atom is -0.333 e. The van der Waals surface area contributed by atoms with E-state index in [9.17, 15) is 0 Å². The van der Waals surface area contributed by atoms with Gasteiger partial charge in [-0.05, 0) is 31.9 Å². The molecule has 1 aromatic rings. The van der Waals surface area contributed by atoms with Gasteiger partial charge in [0.05, 0.1) is 6.07 Å². The standard InChI is InChI=1S/C11H16N2/c1-8(2)11(7-12)13-9(3)5-6-10(13)4/h5-6,8,11H,1-4H3. The van der Waals surface area contributed by atoms with Crippen molar-refractivity contribution in [1.82, 2.24) is 4.57 Å². The zero-order chi connectivity index (χ0) is 10.0. The predicted molar refractivity (Wildman–Crippen MR) is 53.4 cm³/mol. The fourth-order valence-electron chi connectivity index (χ4n) is 1.62. The molecular formula is C11H16N2. The van der Waals surface area contributed by atoms with Gasteiger partial charge in [0.15, 0.2) is 0 Å². The highest BCUT2D eigenvalue weighted by Gasteiger charge is 2.16. The molecule has 0 aromatic carbocycles. The lowest BCUT2D eigenvalue weighted by atomic mass is 10.1. The van der Waals surface area contributed by atoms with Gasteiger partial charge in [0, 0.05) is 11.4 Å². The number of aromatic nitrogens is 1. The quantitative estimate of drug-likeness (QED) is 0.681. The summed E-state index contributed by atoms with van der Waals surface area (Å²) >= 11 is 0. The van der Waals surface area contributed by atoms with Crippen LogP contribution in [-0.2, 0) is 0 Å². The molecule has 1 atom stereocenters. The lowest BCUT2D eigenvalue weighted by Gasteiger charge is -2.19. The fraction of sp³-hybridized carbons (Fsp3) is 0.545. The van der Waals surface area contributed by atoms with Crippen LogP contribution in [0.1, 0.15) is 31.3 Å². The first kappa shape index (κ1) is 9.85. The van der Waals surface area contributed by atoms with Crippen LogP contribution in [0, 0.1) is 31.1 Å². The van der Waals surface area contributed by atoms with E-state index in [1.165, 1.54) is 0 Å². The van der Waals surface area contributed by atoms with Gasteiger partial charge in [-0.3, -0.25) is 0 Å². The van der Waals surface area contributed by atoms with Gasteiger partial charge >= 0.3 is 0 Å². The zero-order valence-corrected chi connectivity index (χ0v) is 8.70. The van der Waals surface area contributed by atoms with E-state index < -0.39 is 0 Å². The van der Waals surface area contributed by atoms with Crippen LogP contribution in [0.15, 0.2) is 12.1 Å². The fourth-order valence-corrected chi connectivity index (χ4v) is 1.62. The van der Waals surface area contributed by atoms with Gasteiger partial charge in [-0.2, -0.15) is 5.26 Å². The SMILES string of the molecule is Cc1ccc(C)n1C(C#N)C(C)C. The maximum atomic E-state index is 9.05. The Morgan fingerprint density at radius 2 is 1.69 bits per heavy atom. The smallest absolute Gasteiger partial charge is 0.123 e. The summed E-state index contributed by atoms with van der Waals surface area (Å²) in [5.74, 6) is 0.356. The van der Waals surface area contributed by atoms with Crippen molar-refractivity contribution in [3.05, 3.63) is 23.5 Å². The molecule has 1 rings (SSSR count). The molecule has 0 aliphatic heterocycles. The average molecular weight is 176 g/mol. The molecule has 0 bridgehead atoms. The van der Waals surface area contributed by atoms with Crippen molar-refractivity contribution < 1.29 is 0 Å². The molecule has 0 saturated heterocycles. The maximum absolute atomic E-state index is 9.05. The van der Waals surface area contributed by atoms with Crippen LogP contribution in [-0.4, -0.2) is 4.57 Å². The zero-order valence-electron chi connectivity index (χ0n) is 8.70. The molecule has 1 heterocycles. The molecule has 0 amide bonds. The topological polar surface area (TPSA) is 28.7 Å². The number of hydrogen-bond acceptors (Lipinski definition) is 1. The number of nitriles is 1. The minimum absolute atomic E-state index is 0.0324. The van der Waals surface area contributed by atoms with E-state index in [4.69, 9.17) is 5.26 Å². The lowest BCUT2D eigenvalue weighted by molar-refractivity contribution is 0.448. The van der Waals surface area contributed by atoms with Crippen LogP contribution in [0.2, 0.25) is 0 Å². The Labute approximate surface area is 79.8 Å². The number of aryl methyl sites for hydroxylation is 2. The van der Waals surface area contributed by atoms with Gasteiger partial charge in [-0.25, -0.2) is 0 Å². The van der Waals surface area contributed by atoms with Gasteiger partial charge in [0.2, 0.25) is 0 Å². The second kappa shape index (κ2) is 3.66. The number of nitrogens with zero attached hydrogens (tertiary/aromatic N) is 2. The Hall–Kier alpha value is -1.23. The second-order valence-corrected chi connectivity index (χ2v) is 3.80. The molecule has 70 valence electrons. The molecule has 1 aromatic heterocycles. The highest BCUT2D eigenvalue weighted by Crippen LogP contribution is 2.21. The Balaban J connectivity index is 3.12. The summed E-state index contributed by atoms with van der Waals surface area (Å²) < 4.78 is 2.10. The molecule has 0 saturated carbocycles. The molecule has 2 heteroatoms. The van der Waals surface area contributed by atoms with Crippen LogP contribution in [0.5, 0.6) is 0 Å². The third-order valence-corrected chi connectivity index (χ3v) is 2.37. The molecule has 0 spiro atoms. The van der Waals surface area contributed by atoms with Crippen LogP contribution < -0.4 is 0 Å². The summed E-state index contributed by atoms with van der Waals surface area (Å²) in [5.41, 5.74) is 2.33. The van der Waals surface area contributed by atoms with Crippen molar-refractivity contribution >= 4 is 0 Å². The molecular weight excluding hydrogens is 160 g/mol. The highest BCUT2D eigenvalue weighted by molar-refractivity contribution is 5.17. The monoisotopic (exact) mass is 176 g/mol. The third kappa shape index (κ3) is 1.75. The minimum atomic E-state index is -0.0324. The van der Waals surface area contributed by atoms with Gasteiger partial charge in [-0.1, -0.05) is 13.8 Å². The van der Waals surface area contributed by atoms with Crippen molar-refractivity contribution in [1.29, 1.82) is 5.26 Å². The molecule has 0 N–H and O–H groups in total. The average Bonchev–Trinajstić information content (AvgIpc) is 2.36. The Morgan fingerprint density at radius 1 is 1.23 bits per heavy atom. The Kier molecular flexibility index (Phi) is 2.77. The molecule has 0 aliphatic carbocycles. The molecule has 13 heavy (non-hydrogen) atoms. The van der Waals surface area contributed by atoms with Gasteiger partial charge in [0.1, 0.15) is 6.04 Å². The van der Waals surface area contributed by atoms with E-state index in [-0.39, 0.29) is 6.04 Å². The van der Waals surface area contributed by atoms with Crippen molar-refractivity contribution in [2.75, 3.05) is 0 Å². The molecule has 0 radical (unpaired) electrons. The third-order valence-electron chi connectivity index (χ3n) is 2.37. The second-order valence-electron chi connectivity index (χ2n) is 3.80. The first-order chi connectivity index (χ1) is 6.07. The molecule has 0 aliphatic rings. The molecule has 0 fully saturated rings. The maximum Gasteiger partial charge on any atom is 0.123 e. The van der Waals surface area contributed by atoms with E-state index in [0.717, 1.165) is 11.4 Å². The van der Waals surface area contributed by atoms with Crippen molar-refractivity contribution in [3.63, 3.8) is 0 Å². The van der Waals surface area contributed by atoms with Crippen LogP contribution in [0.25, 0.3) is 0 Å². The Morgan fingerprint density at radius 3 is 2.00 bits per heavy atom. The van der Waals surface area contributed by atoms with E-state index in [1.807, 2.05) is 13.8 Å². The van der Waals surface area contributed by atoms with Crippen molar-refractivity contribution in [3.8, 4) is 6.07 Å². The van der Waals surface area contributed by atoms with Gasteiger partial charge < -0.3 is 4.57 Å². The van der Waals surface area contributed by atoms with Crippen LogP contribution in [0.4, 0.5) is 0 Å². The first-order valence-electron chi connectivity index (χ1n) is 4.62. The van der Waals surface area contributed by atoms with E-state index in [0.29, 0.717) is 5.92 Å². The molecule has 1 unspecified atom stereocenters. The predicted octanol–water partition coefficient (Wildman–Crippen LogP) is 2.83. The van der Waals surface area contributed by atoms with Crippen molar-refractivity contribution in [2.24, 2.45) is 5.92 Å². The van der Waals surface area contributed by atoms with Crippen LogP contribution >= 0.6 is 0 Å². The van der Waals surface area contributed by atoms with Crippen LogP contribution in [0.3, 0.4) is 0 Å². The van der Waals surface area contributed by atoms with Gasteiger partial charge in [0.25, 0.3) is 0 Å². The summed E-state index contributed by atoms with van der Waals surface area (Å²) in [6, 6.07) is 6.43. The summed E-state index contributed by atoms with van der Waals surface area (Å²) in [7, 11) is 0. The number of rotatable bonds is 2. The van der Waals surface area contributed by atoms with Gasteiger partial charge in [-0.15, -0.1) is 0 Å². The summed E-state index contributed by atoms with van der Waals surface area (Å²) in [5, 5.41) is 9.05. The van der Waals surface area contributed by atoms with E-state index >= 15 is 0 Å². The number of hydrogen-bond donors (Lipinski definition) is 0. The lowest BCUT2D eigenvalue weighted by Crippen LogP contribution is -2.15. The normalized spacial score (nSPS) is 12.9.